The molecule has 0 radical (unpaired) electrons. The first kappa shape index (κ1) is 18.6. The number of fused-ring (bicyclic) bond motifs is 1. The predicted molar refractivity (Wildman–Crippen MR) is 91.1 cm³/mol. The minimum Gasteiger partial charge on any atom is -0.395 e. The summed E-state index contributed by atoms with van der Waals surface area (Å²) in [6.07, 6.45) is 1.26. The third-order valence-electron chi connectivity index (χ3n) is 3.45. The number of alkyl halides is 2. The van der Waals surface area contributed by atoms with Crippen molar-refractivity contribution in [1.29, 1.82) is 0 Å². The Hall–Kier alpha value is -3.16. The minimum absolute atomic E-state index is 0.0559. The van der Waals surface area contributed by atoms with Crippen LogP contribution in [0.25, 0.3) is 0 Å². The minimum atomic E-state index is -3.77. The zero-order chi connectivity index (χ0) is 19.7. The second kappa shape index (κ2) is 6.86. The highest BCUT2D eigenvalue weighted by atomic mass is 32.2. The molecule has 0 bridgehead atoms. The molecule has 140 valence electrons. The van der Waals surface area contributed by atoms with Crippen molar-refractivity contribution in [2.45, 2.75) is 11.2 Å². The van der Waals surface area contributed by atoms with Crippen LogP contribution >= 0.6 is 0 Å². The molecule has 0 fully saturated rings. The third-order valence-corrected chi connectivity index (χ3v) is 4.87. The van der Waals surface area contributed by atoms with Gasteiger partial charge in [-0.05, 0) is 36.4 Å². The van der Waals surface area contributed by atoms with Crippen LogP contribution in [0.4, 0.5) is 14.5 Å². The van der Waals surface area contributed by atoms with E-state index < -0.39 is 22.2 Å². The van der Waals surface area contributed by atoms with Gasteiger partial charge in [-0.3, -0.25) is 4.79 Å². The van der Waals surface area contributed by atoms with Gasteiger partial charge in [0.25, 0.3) is 5.91 Å². The number of sulfonamides is 1. The maximum Gasteiger partial charge on any atom is 0.586 e. The van der Waals surface area contributed by atoms with Gasteiger partial charge < -0.3 is 14.8 Å². The first-order valence-electron chi connectivity index (χ1n) is 7.45. The number of anilines is 1. The van der Waals surface area contributed by atoms with Crippen molar-refractivity contribution in [3.63, 3.8) is 0 Å². The number of amides is 1. The highest BCUT2D eigenvalue weighted by Crippen LogP contribution is 2.42. The largest absolute Gasteiger partial charge is 0.586 e. The van der Waals surface area contributed by atoms with Crippen LogP contribution in [0.1, 0.15) is 10.4 Å². The molecule has 0 saturated heterocycles. The summed E-state index contributed by atoms with van der Waals surface area (Å²) >= 11 is 0. The number of halogens is 2. The molecule has 27 heavy (non-hydrogen) atoms. The van der Waals surface area contributed by atoms with Crippen LogP contribution in [-0.2, 0) is 10.0 Å². The molecule has 1 amide bonds. The van der Waals surface area contributed by atoms with Crippen molar-refractivity contribution in [3.8, 4) is 23.8 Å². The maximum absolute atomic E-state index is 13.0. The van der Waals surface area contributed by atoms with Crippen LogP contribution in [0.3, 0.4) is 0 Å². The van der Waals surface area contributed by atoms with Crippen molar-refractivity contribution in [3.05, 3.63) is 48.0 Å². The molecule has 7 nitrogen and oxygen atoms in total. The molecule has 10 heteroatoms. The predicted octanol–water partition coefficient (Wildman–Crippen LogP) is 2.17. The van der Waals surface area contributed by atoms with Crippen LogP contribution in [0.15, 0.2) is 47.4 Å². The van der Waals surface area contributed by atoms with Gasteiger partial charge in [0.2, 0.25) is 10.0 Å². The monoisotopic (exact) mass is 394 g/mol. The summed E-state index contributed by atoms with van der Waals surface area (Å²) in [5, 5.41) is 2.50. The van der Waals surface area contributed by atoms with Crippen LogP contribution in [0.5, 0.6) is 11.5 Å². The van der Waals surface area contributed by atoms with Crippen LogP contribution < -0.4 is 19.5 Å². The first-order chi connectivity index (χ1) is 12.7. The van der Waals surface area contributed by atoms with E-state index in [0.29, 0.717) is 0 Å². The number of carbonyl (C=O) groups is 1. The molecule has 0 aromatic heterocycles. The fraction of sp³-hybridized carbons (Fsp3) is 0.118. The normalized spacial score (nSPS) is 14.4. The van der Waals surface area contributed by atoms with Gasteiger partial charge in [0.1, 0.15) is 0 Å². The lowest BCUT2D eigenvalue weighted by Gasteiger charge is -2.08. The van der Waals surface area contributed by atoms with Crippen molar-refractivity contribution in [2.24, 2.45) is 0 Å². The molecule has 0 unspecified atom stereocenters. The smallest absolute Gasteiger partial charge is 0.395 e. The van der Waals surface area contributed by atoms with Gasteiger partial charge in [0.15, 0.2) is 11.5 Å². The molecule has 3 rings (SSSR count). The summed E-state index contributed by atoms with van der Waals surface area (Å²) in [4.78, 5) is 12.2. The Morgan fingerprint density at radius 2 is 1.78 bits per heavy atom. The lowest BCUT2D eigenvalue weighted by atomic mass is 10.2. The first-order valence-corrected chi connectivity index (χ1v) is 8.93. The van der Waals surface area contributed by atoms with Gasteiger partial charge in [-0.15, -0.1) is 15.2 Å². The Bertz CT molecular complexity index is 1030. The number of benzene rings is 2. The average Bonchev–Trinajstić information content (AvgIpc) is 2.93. The second-order valence-electron chi connectivity index (χ2n) is 5.34. The van der Waals surface area contributed by atoms with Gasteiger partial charge in [0, 0.05) is 17.3 Å². The number of nitrogens with one attached hydrogen (secondary N) is 2. The molecule has 2 aromatic rings. The fourth-order valence-corrected chi connectivity index (χ4v) is 3.17. The SMILES string of the molecule is C#CCNS(=O)(=O)c1ccc(C(=O)Nc2ccc3c(c2)OC(F)(F)O3)cc1. The Morgan fingerprint density at radius 1 is 1.11 bits per heavy atom. The quantitative estimate of drug-likeness (QED) is 0.759. The summed E-state index contributed by atoms with van der Waals surface area (Å²) in [5.41, 5.74) is 0.362. The fourth-order valence-electron chi connectivity index (χ4n) is 2.24. The van der Waals surface area contributed by atoms with E-state index in [1.807, 2.05) is 0 Å². The van der Waals surface area contributed by atoms with Gasteiger partial charge in [-0.2, -0.15) is 4.72 Å². The molecule has 0 saturated carbocycles. The van der Waals surface area contributed by atoms with Crippen molar-refractivity contribution < 1.29 is 31.5 Å². The summed E-state index contributed by atoms with van der Waals surface area (Å²) in [5.74, 6) is 1.23. The number of hydrogen-bond acceptors (Lipinski definition) is 5. The summed E-state index contributed by atoms with van der Waals surface area (Å²) in [7, 11) is -3.77. The maximum atomic E-state index is 13.0. The summed E-state index contributed by atoms with van der Waals surface area (Å²) < 4.78 is 60.7. The molecule has 0 spiro atoms. The molecule has 2 aromatic carbocycles. The standard InChI is InChI=1S/C17H12F2N2O5S/c1-2-9-20-27(23,24)13-6-3-11(4-7-13)16(22)21-12-5-8-14-15(10-12)26-17(18,19)25-14/h1,3-8,10,20H,9H2,(H,21,22). The van der Waals surface area contributed by atoms with Crippen LogP contribution in [0, 0.1) is 12.3 Å². The Balaban J connectivity index is 1.72. The number of carbonyl (C=O) groups excluding carboxylic acids is 1. The molecule has 1 aliphatic heterocycles. The molecular formula is C17H12F2N2O5S. The van der Waals surface area contributed by atoms with Gasteiger partial charge in [-0.1, -0.05) is 5.92 Å². The molecule has 0 atom stereocenters. The number of hydrogen-bond donors (Lipinski definition) is 2. The lowest BCUT2D eigenvalue weighted by Crippen LogP contribution is -2.25. The topological polar surface area (TPSA) is 93.7 Å². The Kier molecular flexibility index (Phi) is 4.73. The van der Waals surface area contributed by atoms with Gasteiger partial charge in [-0.25, -0.2) is 8.42 Å². The molecular weight excluding hydrogens is 382 g/mol. The highest BCUT2D eigenvalue weighted by Gasteiger charge is 2.43. The third kappa shape index (κ3) is 4.16. The summed E-state index contributed by atoms with van der Waals surface area (Å²) in [6, 6.07) is 8.89. The van der Waals surface area contributed by atoms with E-state index in [2.05, 4.69) is 25.4 Å². The Morgan fingerprint density at radius 3 is 2.44 bits per heavy atom. The molecule has 0 aliphatic carbocycles. The van der Waals surface area contributed by atoms with Crippen LogP contribution in [0.2, 0.25) is 0 Å². The van der Waals surface area contributed by atoms with E-state index in [-0.39, 0.29) is 34.2 Å². The van der Waals surface area contributed by atoms with Crippen molar-refractivity contribution in [2.75, 3.05) is 11.9 Å². The van der Waals surface area contributed by atoms with E-state index in [1.165, 1.54) is 42.5 Å². The van der Waals surface area contributed by atoms with Crippen LogP contribution in [-0.4, -0.2) is 27.2 Å². The lowest BCUT2D eigenvalue weighted by molar-refractivity contribution is -0.286. The highest BCUT2D eigenvalue weighted by molar-refractivity contribution is 7.89. The average molecular weight is 394 g/mol. The summed E-state index contributed by atoms with van der Waals surface area (Å²) in [6.45, 7) is -0.159. The number of rotatable bonds is 5. The van der Waals surface area contributed by atoms with E-state index in [9.17, 15) is 22.0 Å². The zero-order valence-electron chi connectivity index (χ0n) is 13.5. The van der Waals surface area contributed by atoms with E-state index in [0.717, 1.165) is 0 Å². The van der Waals surface area contributed by atoms with Crippen molar-refractivity contribution >= 4 is 21.6 Å². The molecule has 1 aliphatic rings. The zero-order valence-corrected chi connectivity index (χ0v) is 14.3. The van der Waals surface area contributed by atoms with E-state index in [4.69, 9.17) is 6.42 Å². The molecule has 2 N–H and O–H groups in total. The number of terminal acetylenes is 1. The van der Waals surface area contributed by atoms with Gasteiger partial charge in [0.05, 0.1) is 11.4 Å². The van der Waals surface area contributed by atoms with E-state index in [1.54, 1.807) is 0 Å². The number of ether oxygens (including phenoxy) is 2. The Labute approximate surface area is 153 Å². The molecule has 1 heterocycles. The second-order valence-corrected chi connectivity index (χ2v) is 7.10. The van der Waals surface area contributed by atoms with E-state index >= 15 is 0 Å². The van der Waals surface area contributed by atoms with Gasteiger partial charge >= 0.3 is 6.29 Å². The van der Waals surface area contributed by atoms with Crippen molar-refractivity contribution in [1.82, 2.24) is 4.72 Å².